The number of methoxy groups -OCH3 is 2. The Hall–Kier alpha value is -2.50. The van der Waals surface area contributed by atoms with Crippen LogP contribution in [0.1, 0.15) is 13.3 Å². The van der Waals surface area contributed by atoms with Gasteiger partial charge in [-0.05, 0) is 18.6 Å². The van der Waals surface area contributed by atoms with Crippen LogP contribution in [0.3, 0.4) is 0 Å². The SMILES string of the molecule is CCC1C(=O)NCCN1c1ccnc2cc(OC)c(OC)cc12. The van der Waals surface area contributed by atoms with Crippen LogP contribution in [0.4, 0.5) is 5.69 Å². The molecule has 3 rings (SSSR count). The van der Waals surface area contributed by atoms with Crippen molar-refractivity contribution >= 4 is 22.5 Å². The Kier molecular flexibility index (Phi) is 4.23. The lowest BCUT2D eigenvalue weighted by molar-refractivity contribution is -0.123. The van der Waals surface area contributed by atoms with E-state index in [0.29, 0.717) is 18.0 Å². The summed E-state index contributed by atoms with van der Waals surface area (Å²) in [6, 6.07) is 5.58. The van der Waals surface area contributed by atoms with Gasteiger partial charge >= 0.3 is 0 Å². The van der Waals surface area contributed by atoms with Gasteiger partial charge in [-0.1, -0.05) is 6.92 Å². The number of amides is 1. The Balaban J connectivity index is 2.15. The van der Waals surface area contributed by atoms with Crippen molar-refractivity contribution in [3.8, 4) is 11.5 Å². The van der Waals surface area contributed by atoms with Crippen molar-refractivity contribution in [1.82, 2.24) is 10.3 Å². The number of hydrogen-bond acceptors (Lipinski definition) is 5. The van der Waals surface area contributed by atoms with E-state index in [1.165, 1.54) is 0 Å². The van der Waals surface area contributed by atoms with Crippen molar-refractivity contribution in [3.05, 3.63) is 24.4 Å². The predicted octanol–water partition coefficient (Wildman–Crippen LogP) is 1.97. The minimum atomic E-state index is -0.164. The highest BCUT2D eigenvalue weighted by atomic mass is 16.5. The number of carbonyl (C=O) groups is 1. The lowest BCUT2D eigenvalue weighted by Gasteiger charge is -2.36. The van der Waals surface area contributed by atoms with Crippen molar-refractivity contribution in [1.29, 1.82) is 0 Å². The molecule has 1 amide bonds. The van der Waals surface area contributed by atoms with Crippen molar-refractivity contribution in [2.24, 2.45) is 0 Å². The highest BCUT2D eigenvalue weighted by Gasteiger charge is 2.29. The smallest absolute Gasteiger partial charge is 0.242 e. The number of benzene rings is 1. The zero-order valence-corrected chi connectivity index (χ0v) is 13.6. The van der Waals surface area contributed by atoms with Crippen LogP contribution in [0.25, 0.3) is 10.9 Å². The first-order valence-electron chi connectivity index (χ1n) is 7.74. The minimum absolute atomic E-state index is 0.0733. The molecular formula is C17H21N3O3. The van der Waals surface area contributed by atoms with Gasteiger partial charge in [0.2, 0.25) is 5.91 Å². The summed E-state index contributed by atoms with van der Waals surface area (Å²) in [6.07, 6.45) is 2.52. The van der Waals surface area contributed by atoms with Crippen LogP contribution in [-0.4, -0.2) is 44.2 Å². The van der Waals surface area contributed by atoms with E-state index in [-0.39, 0.29) is 11.9 Å². The highest BCUT2D eigenvalue weighted by molar-refractivity contribution is 5.97. The Bertz CT molecular complexity index is 732. The van der Waals surface area contributed by atoms with E-state index < -0.39 is 0 Å². The molecule has 1 saturated heterocycles. The molecule has 1 aliphatic heterocycles. The van der Waals surface area contributed by atoms with Crippen LogP contribution in [0, 0.1) is 0 Å². The first kappa shape index (κ1) is 15.4. The summed E-state index contributed by atoms with van der Waals surface area (Å²) >= 11 is 0. The molecule has 0 saturated carbocycles. The first-order valence-corrected chi connectivity index (χ1v) is 7.74. The van der Waals surface area contributed by atoms with Crippen LogP contribution < -0.4 is 19.7 Å². The molecule has 0 bridgehead atoms. The largest absolute Gasteiger partial charge is 0.493 e. The number of piperazine rings is 1. The zero-order chi connectivity index (χ0) is 16.4. The molecule has 6 nitrogen and oxygen atoms in total. The van der Waals surface area contributed by atoms with Gasteiger partial charge in [-0.15, -0.1) is 0 Å². The summed E-state index contributed by atoms with van der Waals surface area (Å²) in [6.45, 7) is 3.44. The van der Waals surface area contributed by atoms with Crippen LogP contribution >= 0.6 is 0 Å². The second-order valence-electron chi connectivity index (χ2n) is 5.46. The van der Waals surface area contributed by atoms with Crippen LogP contribution in [-0.2, 0) is 4.79 Å². The topological polar surface area (TPSA) is 63.7 Å². The molecule has 23 heavy (non-hydrogen) atoms. The molecule has 1 unspecified atom stereocenters. The maximum Gasteiger partial charge on any atom is 0.242 e. The molecule has 0 aliphatic carbocycles. The number of nitrogens with zero attached hydrogens (tertiary/aromatic N) is 2. The third-order valence-electron chi connectivity index (χ3n) is 4.25. The van der Waals surface area contributed by atoms with Gasteiger partial charge < -0.3 is 19.7 Å². The minimum Gasteiger partial charge on any atom is -0.493 e. The Morgan fingerprint density at radius 2 is 2.04 bits per heavy atom. The standard InChI is InChI=1S/C17H21N3O3/c1-4-13-17(21)19-7-8-20(13)14-5-6-18-12-10-16(23-3)15(22-2)9-11(12)14/h5-6,9-10,13H,4,7-8H2,1-3H3,(H,19,21). The molecule has 0 spiro atoms. The van der Waals surface area contributed by atoms with Crippen LogP contribution in [0.5, 0.6) is 11.5 Å². The number of carbonyl (C=O) groups excluding carboxylic acids is 1. The fraction of sp³-hybridized carbons (Fsp3) is 0.412. The first-order chi connectivity index (χ1) is 11.2. The molecule has 2 aromatic rings. The van der Waals surface area contributed by atoms with Crippen molar-refractivity contribution in [3.63, 3.8) is 0 Å². The van der Waals surface area contributed by atoms with E-state index >= 15 is 0 Å². The van der Waals surface area contributed by atoms with Crippen LogP contribution in [0.15, 0.2) is 24.4 Å². The Morgan fingerprint density at radius 3 is 2.74 bits per heavy atom. The number of nitrogens with one attached hydrogen (secondary N) is 1. The number of hydrogen-bond donors (Lipinski definition) is 1. The number of ether oxygens (including phenoxy) is 2. The lowest BCUT2D eigenvalue weighted by atomic mass is 10.1. The number of aromatic nitrogens is 1. The molecular weight excluding hydrogens is 294 g/mol. The average molecular weight is 315 g/mol. The van der Waals surface area contributed by atoms with Crippen molar-refractivity contribution in [2.45, 2.75) is 19.4 Å². The predicted molar refractivity (Wildman–Crippen MR) is 89.3 cm³/mol. The molecule has 122 valence electrons. The van der Waals surface area contributed by atoms with E-state index in [9.17, 15) is 4.79 Å². The number of fused-ring (bicyclic) bond motifs is 1. The normalized spacial score (nSPS) is 18.0. The fourth-order valence-electron chi connectivity index (χ4n) is 3.12. The van der Waals surface area contributed by atoms with E-state index in [2.05, 4.69) is 15.2 Å². The molecule has 1 atom stereocenters. The summed E-state index contributed by atoms with van der Waals surface area (Å²) in [5.74, 6) is 1.38. The second kappa shape index (κ2) is 6.32. The quantitative estimate of drug-likeness (QED) is 0.934. The Morgan fingerprint density at radius 1 is 1.30 bits per heavy atom. The molecule has 1 fully saturated rings. The molecule has 1 aliphatic rings. The molecule has 6 heteroatoms. The summed E-state index contributed by atoms with van der Waals surface area (Å²) < 4.78 is 10.8. The van der Waals surface area contributed by atoms with Gasteiger partial charge in [0.05, 0.1) is 19.7 Å². The summed E-state index contributed by atoms with van der Waals surface area (Å²) in [5.41, 5.74) is 1.82. The monoisotopic (exact) mass is 315 g/mol. The van der Waals surface area contributed by atoms with Gasteiger partial charge in [0, 0.05) is 36.4 Å². The third-order valence-corrected chi connectivity index (χ3v) is 4.25. The number of pyridine rings is 1. The Labute approximate surface area is 135 Å². The summed E-state index contributed by atoms with van der Waals surface area (Å²) in [7, 11) is 3.22. The summed E-state index contributed by atoms with van der Waals surface area (Å²) in [5, 5.41) is 3.89. The third kappa shape index (κ3) is 2.65. The molecule has 2 heterocycles. The molecule has 0 radical (unpaired) electrons. The van der Waals surface area contributed by atoms with E-state index in [1.54, 1.807) is 20.4 Å². The van der Waals surface area contributed by atoms with Gasteiger partial charge in [0.25, 0.3) is 0 Å². The van der Waals surface area contributed by atoms with E-state index in [4.69, 9.17) is 9.47 Å². The highest BCUT2D eigenvalue weighted by Crippen LogP contribution is 2.36. The maximum absolute atomic E-state index is 12.2. The van der Waals surface area contributed by atoms with E-state index in [0.717, 1.165) is 29.6 Å². The van der Waals surface area contributed by atoms with Gasteiger partial charge in [-0.3, -0.25) is 9.78 Å². The maximum atomic E-state index is 12.2. The number of anilines is 1. The summed E-state index contributed by atoms with van der Waals surface area (Å²) in [4.78, 5) is 18.7. The average Bonchev–Trinajstić information content (AvgIpc) is 2.59. The zero-order valence-electron chi connectivity index (χ0n) is 13.6. The molecule has 1 aromatic heterocycles. The van der Waals surface area contributed by atoms with Crippen molar-refractivity contribution < 1.29 is 14.3 Å². The molecule has 1 N–H and O–H groups in total. The van der Waals surface area contributed by atoms with Gasteiger partial charge in [0.1, 0.15) is 6.04 Å². The van der Waals surface area contributed by atoms with E-state index in [1.807, 2.05) is 25.1 Å². The second-order valence-corrected chi connectivity index (χ2v) is 5.46. The number of rotatable bonds is 4. The fourth-order valence-corrected chi connectivity index (χ4v) is 3.12. The van der Waals surface area contributed by atoms with Crippen molar-refractivity contribution in [2.75, 3.05) is 32.2 Å². The van der Waals surface area contributed by atoms with Gasteiger partial charge in [0.15, 0.2) is 11.5 Å². The lowest BCUT2D eigenvalue weighted by Crippen LogP contribution is -2.55. The van der Waals surface area contributed by atoms with Crippen LogP contribution in [0.2, 0.25) is 0 Å². The van der Waals surface area contributed by atoms with Gasteiger partial charge in [-0.25, -0.2) is 0 Å². The van der Waals surface area contributed by atoms with Gasteiger partial charge in [-0.2, -0.15) is 0 Å². The molecule has 1 aromatic carbocycles.